The largest absolute Gasteiger partial charge is 0.337 e. The summed E-state index contributed by atoms with van der Waals surface area (Å²) in [6.45, 7) is 2.53. The van der Waals surface area contributed by atoms with E-state index in [9.17, 15) is 4.79 Å². The molecule has 0 saturated carbocycles. The van der Waals surface area contributed by atoms with E-state index in [0.717, 1.165) is 5.56 Å². The first kappa shape index (κ1) is 14.8. The minimum absolute atomic E-state index is 0.181. The van der Waals surface area contributed by atoms with Crippen LogP contribution in [0.5, 0.6) is 0 Å². The summed E-state index contributed by atoms with van der Waals surface area (Å²) in [4.78, 5) is 17.8. The molecule has 2 rings (SSSR count). The molecule has 0 radical (unpaired) electrons. The van der Waals surface area contributed by atoms with Crippen LogP contribution in [0, 0.1) is 6.92 Å². The average molecular weight is 309 g/mol. The standard InChI is InChI=1S/C15H14Cl2N2O/c1-10-3-5-11(6-4-10)9-19(2)15(20)12-7-14(17)18-8-13(12)16/h3-8H,9H2,1-2H3. The van der Waals surface area contributed by atoms with E-state index in [1.807, 2.05) is 31.2 Å². The Morgan fingerprint density at radius 3 is 2.55 bits per heavy atom. The molecule has 1 amide bonds. The summed E-state index contributed by atoms with van der Waals surface area (Å²) >= 11 is 11.8. The number of amides is 1. The van der Waals surface area contributed by atoms with E-state index in [1.54, 1.807) is 11.9 Å². The third kappa shape index (κ3) is 3.50. The fraction of sp³-hybridized carbons (Fsp3) is 0.200. The summed E-state index contributed by atoms with van der Waals surface area (Å²) in [7, 11) is 1.73. The number of carbonyl (C=O) groups is 1. The van der Waals surface area contributed by atoms with Gasteiger partial charge in [0.2, 0.25) is 0 Å². The summed E-state index contributed by atoms with van der Waals surface area (Å²) in [5.74, 6) is -0.181. The van der Waals surface area contributed by atoms with Crippen molar-refractivity contribution in [3.63, 3.8) is 0 Å². The van der Waals surface area contributed by atoms with Crippen molar-refractivity contribution in [2.75, 3.05) is 7.05 Å². The molecule has 1 aromatic heterocycles. The highest BCUT2D eigenvalue weighted by Gasteiger charge is 2.16. The number of aromatic nitrogens is 1. The van der Waals surface area contributed by atoms with Crippen LogP contribution < -0.4 is 0 Å². The molecule has 1 heterocycles. The van der Waals surface area contributed by atoms with Gasteiger partial charge in [0.1, 0.15) is 5.15 Å². The second-order valence-electron chi connectivity index (χ2n) is 4.63. The van der Waals surface area contributed by atoms with Crippen molar-refractivity contribution in [1.82, 2.24) is 9.88 Å². The smallest absolute Gasteiger partial charge is 0.255 e. The van der Waals surface area contributed by atoms with E-state index in [1.165, 1.54) is 17.8 Å². The number of hydrogen-bond donors (Lipinski definition) is 0. The lowest BCUT2D eigenvalue weighted by molar-refractivity contribution is 0.0785. The molecule has 0 saturated heterocycles. The first-order chi connectivity index (χ1) is 9.47. The van der Waals surface area contributed by atoms with Crippen molar-refractivity contribution in [2.45, 2.75) is 13.5 Å². The lowest BCUT2D eigenvalue weighted by Crippen LogP contribution is -2.26. The van der Waals surface area contributed by atoms with Crippen molar-refractivity contribution in [3.8, 4) is 0 Å². The lowest BCUT2D eigenvalue weighted by atomic mass is 10.1. The van der Waals surface area contributed by atoms with Crippen LogP contribution in [-0.2, 0) is 6.54 Å². The van der Waals surface area contributed by atoms with Crippen LogP contribution in [0.2, 0.25) is 10.2 Å². The van der Waals surface area contributed by atoms with Gasteiger partial charge in [0, 0.05) is 19.8 Å². The van der Waals surface area contributed by atoms with Crippen LogP contribution in [0.15, 0.2) is 36.5 Å². The summed E-state index contributed by atoms with van der Waals surface area (Å²) < 4.78 is 0. The number of aryl methyl sites for hydroxylation is 1. The van der Waals surface area contributed by atoms with E-state index in [4.69, 9.17) is 23.2 Å². The van der Waals surface area contributed by atoms with Crippen molar-refractivity contribution >= 4 is 29.1 Å². The first-order valence-corrected chi connectivity index (χ1v) is 6.85. The normalized spacial score (nSPS) is 10.4. The van der Waals surface area contributed by atoms with Crippen LogP contribution in [0.1, 0.15) is 21.5 Å². The molecule has 20 heavy (non-hydrogen) atoms. The van der Waals surface area contributed by atoms with Gasteiger partial charge in [-0.3, -0.25) is 4.79 Å². The molecule has 0 aliphatic heterocycles. The molecule has 0 unspecified atom stereocenters. The quantitative estimate of drug-likeness (QED) is 0.804. The number of hydrogen-bond acceptors (Lipinski definition) is 2. The van der Waals surface area contributed by atoms with Gasteiger partial charge < -0.3 is 4.90 Å². The van der Waals surface area contributed by atoms with Gasteiger partial charge in [-0.2, -0.15) is 0 Å². The van der Waals surface area contributed by atoms with Crippen molar-refractivity contribution in [1.29, 1.82) is 0 Å². The second-order valence-corrected chi connectivity index (χ2v) is 5.43. The number of benzene rings is 1. The molecule has 0 aliphatic carbocycles. The minimum atomic E-state index is -0.181. The predicted molar refractivity (Wildman–Crippen MR) is 81.2 cm³/mol. The van der Waals surface area contributed by atoms with Gasteiger partial charge in [-0.1, -0.05) is 53.0 Å². The Bertz CT molecular complexity index is 626. The molecule has 3 nitrogen and oxygen atoms in total. The van der Waals surface area contributed by atoms with Gasteiger partial charge in [0.15, 0.2) is 0 Å². The fourth-order valence-electron chi connectivity index (χ4n) is 1.82. The molecule has 0 N–H and O–H groups in total. The molecule has 0 atom stereocenters. The SMILES string of the molecule is Cc1ccc(CN(C)C(=O)c2cc(Cl)ncc2Cl)cc1. The van der Waals surface area contributed by atoms with E-state index >= 15 is 0 Å². The van der Waals surface area contributed by atoms with Crippen LogP contribution in [0.3, 0.4) is 0 Å². The topological polar surface area (TPSA) is 33.2 Å². The monoisotopic (exact) mass is 308 g/mol. The zero-order valence-corrected chi connectivity index (χ0v) is 12.7. The third-order valence-corrected chi connectivity index (χ3v) is 3.45. The van der Waals surface area contributed by atoms with Crippen molar-refractivity contribution in [2.24, 2.45) is 0 Å². The maximum absolute atomic E-state index is 12.3. The number of carbonyl (C=O) groups excluding carboxylic acids is 1. The highest BCUT2D eigenvalue weighted by atomic mass is 35.5. The number of rotatable bonds is 3. The van der Waals surface area contributed by atoms with E-state index < -0.39 is 0 Å². The Morgan fingerprint density at radius 2 is 1.90 bits per heavy atom. The van der Waals surface area contributed by atoms with Crippen LogP contribution in [-0.4, -0.2) is 22.8 Å². The van der Waals surface area contributed by atoms with Crippen molar-refractivity contribution < 1.29 is 4.79 Å². The Kier molecular flexibility index (Phi) is 4.63. The van der Waals surface area contributed by atoms with E-state index in [0.29, 0.717) is 17.1 Å². The zero-order chi connectivity index (χ0) is 14.7. The second kappa shape index (κ2) is 6.25. The maximum Gasteiger partial charge on any atom is 0.255 e. The Morgan fingerprint density at radius 1 is 1.25 bits per heavy atom. The molecular weight excluding hydrogens is 295 g/mol. The summed E-state index contributed by atoms with van der Waals surface area (Å²) in [5.41, 5.74) is 2.61. The number of nitrogens with zero attached hydrogens (tertiary/aromatic N) is 2. The first-order valence-electron chi connectivity index (χ1n) is 6.09. The molecule has 2 aromatic rings. The van der Waals surface area contributed by atoms with E-state index in [-0.39, 0.29) is 11.1 Å². The third-order valence-electron chi connectivity index (χ3n) is 2.94. The molecule has 0 aliphatic rings. The minimum Gasteiger partial charge on any atom is -0.337 e. The maximum atomic E-state index is 12.3. The van der Waals surface area contributed by atoms with Crippen LogP contribution in [0.25, 0.3) is 0 Å². The molecule has 0 spiro atoms. The molecular formula is C15H14Cl2N2O. The van der Waals surface area contributed by atoms with Crippen LogP contribution >= 0.6 is 23.2 Å². The van der Waals surface area contributed by atoms with Gasteiger partial charge in [0.05, 0.1) is 10.6 Å². The predicted octanol–water partition coefficient (Wildman–Crippen LogP) is 3.97. The Labute approximate surface area is 128 Å². The Hall–Kier alpha value is -1.58. The molecule has 1 aromatic carbocycles. The molecule has 5 heteroatoms. The van der Waals surface area contributed by atoms with Gasteiger partial charge in [-0.05, 0) is 18.6 Å². The van der Waals surface area contributed by atoms with Gasteiger partial charge in [-0.25, -0.2) is 4.98 Å². The number of pyridine rings is 1. The average Bonchev–Trinajstić information content (AvgIpc) is 2.43. The molecule has 0 fully saturated rings. The summed E-state index contributed by atoms with van der Waals surface area (Å²) in [6.07, 6.45) is 1.39. The highest BCUT2D eigenvalue weighted by Crippen LogP contribution is 2.20. The van der Waals surface area contributed by atoms with Gasteiger partial charge in [0.25, 0.3) is 5.91 Å². The van der Waals surface area contributed by atoms with Gasteiger partial charge >= 0.3 is 0 Å². The number of halogens is 2. The Balaban J connectivity index is 2.16. The van der Waals surface area contributed by atoms with Crippen LogP contribution in [0.4, 0.5) is 0 Å². The fourth-order valence-corrected chi connectivity index (χ4v) is 2.16. The van der Waals surface area contributed by atoms with E-state index in [2.05, 4.69) is 4.98 Å². The summed E-state index contributed by atoms with van der Waals surface area (Å²) in [5, 5.41) is 0.552. The lowest BCUT2D eigenvalue weighted by Gasteiger charge is -2.18. The molecule has 104 valence electrons. The zero-order valence-electron chi connectivity index (χ0n) is 11.2. The van der Waals surface area contributed by atoms with Crippen molar-refractivity contribution in [3.05, 3.63) is 63.4 Å². The summed E-state index contributed by atoms with van der Waals surface area (Å²) in [6, 6.07) is 9.52. The molecule has 0 bridgehead atoms. The van der Waals surface area contributed by atoms with Gasteiger partial charge in [-0.15, -0.1) is 0 Å². The highest BCUT2D eigenvalue weighted by molar-refractivity contribution is 6.35.